The molecule has 3 rings (SSSR count). The van der Waals surface area contributed by atoms with Crippen molar-refractivity contribution >= 4 is 29.0 Å². The number of benzene rings is 2. The van der Waals surface area contributed by atoms with Crippen molar-refractivity contribution < 1.29 is 9.90 Å². The number of carboxylic acids is 1. The van der Waals surface area contributed by atoms with Gasteiger partial charge in [0.05, 0.1) is 0 Å². The van der Waals surface area contributed by atoms with E-state index in [0.29, 0.717) is 11.6 Å². The molecule has 23 heavy (non-hydrogen) atoms. The number of nitrogens with zero attached hydrogens (tertiary/aromatic N) is 2. The molecule has 114 valence electrons. The molecule has 0 bridgehead atoms. The van der Waals surface area contributed by atoms with Crippen LogP contribution in [0.25, 0.3) is 0 Å². The summed E-state index contributed by atoms with van der Waals surface area (Å²) in [5, 5.41) is 15.3. The zero-order valence-corrected chi connectivity index (χ0v) is 12.1. The molecule has 0 spiro atoms. The van der Waals surface area contributed by atoms with Crippen LogP contribution in [0.3, 0.4) is 0 Å². The van der Waals surface area contributed by atoms with E-state index in [9.17, 15) is 9.90 Å². The van der Waals surface area contributed by atoms with Gasteiger partial charge in [0.25, 0.3) is 0 Å². The number of aromatic nitrogens is 2. The summed E-state index contributed by atoms with van der Waals surface area (Å²) in [5.41, 5.74) is 1.63. The van der Waals surface area contributed by atoms with Gasteiger partial charge in [-0.05, 0) is 24.3 Å². The molecule has 0 saturated heterocycles. The minimum Gasteiger partial charge on any atom is -0.475 e. The average molecular weight is 306 g/mol. The van der Waals surface area contributed by atoms with Gasteiger partial charge in [-0.3, -0.25) is 0 Å². The molecule has 0 fully saturated rings. The van der Waals surface area contributed by atoms with E-state index >= 15 is 0 Å². The molecule has 0 saturated carbocycles. The van der Waals surface area contributed by atoms with Gasteiger partial charge in [0, 0.05) is 17.4 Å². The molecule has 0 unspecified atom stereocenters. The quantitative estimate of drug-likeness (QED) is 0.667. The van der Waals surface area contributed by atoms with Crippen LogP contribution >= 0.6 is 0 Å². The van der Waals surface area contributed by atoms with E-state index < -0.39 is 5.97 Å². The number of aromatic carboxylic acids is 1. The van der Waals surface area contributed by atoms with Crippen molar-refractivity contribution in [3.05, 3.63) is 72.6 Å². The van der Waals surface area contributed by atoms with E-state index in [4.69, 9.17) is 0 Å². The van der Waals surface area contributed by atoms with Crippen LogP contribution in [0.2, 0.25) is 0 Å². The number of nitrogens with one attached hydrogen (secondary N) is 2. The molecule has 3 aromatic rings. The van der Waals surface area contributed by atoms with Crippen molar-refractivity contribution in [3.63, 3.8) is 0 Å². The number of hydrogen-bond donors (Lipinski definition) is 3. The highest BCUT2D eigenvalue weighted by molar-refractivity contribution is 5.84. The van der Waals surface area contributed by atoms with E-state index in [0.717, 1.165) is 11.4 Å². The molecule has 0 atom stereocenters. The van der Waals surface area contributed by atoms with E-state index in [1.165, 1.54) is 0 Å². The molecule has 6 heteroatoms. The van der Waals surface area contributed by atoms with Crippen LogP contribution < -0.4 is 10.6 Å². The summed E-state index contributed by atoms with van der Waals surface area (Å²) in [4.78, 5) is 19.2. The van der Waals surface area contributed by atoms with Crippen LogP contribution in [0, 0.1) is 0 Å². The number of para-hydroxylation sites is 2. The van der Waals surface area contributed by atoms with Gasteiger partial charge in [-0.1, -0.05) is 36.4 Å². The normalized spacial score (nSPS) is 10.1. The first-order valence-electron chi connectivity index (χ1n) is 6.97. The van der Waals surface area contributed by atoms with Crippen molar-refractivity contribution in [3.8, 4) is 0 Å². The smallest absolute Gasteiger partial charge is 0.374 e. The highest BCUT2D eigenvalue weighted by atomic mass is 16.4. The molecule has 6 nitrogen and oxygen atoms in total. The van der Waals surface area contributed by atoms with Crippen molar-refractivity contribution in [1.29, 1.82) is 0 Å². The summed E-state index contributed by atoms with van der Waals surface area (Å²) < 4.78 is 0. The first kappa shape index (κ1) is 14.5. The minimum absolute atomic E-state index is 0.274. The predicted molar refractivity (Wildman–Crippen MR) is 88.4 cm³/mol. The predicted octanol–water partition coefficient (Wildman–Crippen LogP) is 3.66. The van der Waals surface area contributed by atoms with Gasteiger partial charge >= 0.3 is 5.97 Å². The zero-order valence-electron chi connectivity index (χ0n) is 12.1. The van der Waals surface area contributed by atoms with E-state index in [1.54, 1.807) is 6.07 Å². The van der Waals surface area contributed by atoms with Crippen LogP contribution in [0.4, 0.5) is 23.0 Å². The summed E-state index contributed by atoms with van der Waals surface area (Å²) >= 11 is 0. The number of rotatable bonds is 5. The maximum absolute atomic E-state index is 11.2. The molecule has 3 N–H and O–H groups in total. The van der Waals surface area contributed by atoms with Crippen molar-refractivity contribution in [2.24, 2.45) is 0 Å². The second kappa shape index (κ2) is 6.57. The first-order valence-corrected chi connectivity index (χ1v) is 6.97. The summed E-state index contributed by atoms with van der Waals surface area (Å²) in [7, 11) is 0. The maximum atomic E-state index is 11.2. The Balaban J connectivity index is 1.91. The topological polar surface area (TPSA) is 87.1 Å². The summed E-state index contributed by atoms with van der Waals surface area (Å²) in [6.45, 7) is 0. The van der Waals surface area contributed by atoms with E-state index in [1.807, 2.05) is 60.7 Å². The molecule has 0 aliphatic carbocycles. The molecule has 0 amide bonds. The Bertz CT molecular complexity index is 748. The van der Waals surface area contributed by atoms with Gasteiger partial charge in [-0.15, -0.1) is 0 Å². The van der Waals surface area contributed by atoms with E-state index in [2.05, 4.69) is 20.6 Å². The minimum atomic E-state index is -1.18. The summed E-state index contributed by atoms with van der Waals surface area (Å²) in [5.74, 6) is -0.647. The number of carboxylic acid groups (broad SMARTS) is 1. The van der Waals surface area contributed by atoms with Gasteiger partial charge in [0.1, 0.15) is 11.6 Å². The fourth-order valence-corrected chi connectivity index (χ4v) is 2.01. The highest BCUT2D eigenvalue weighted by Crippen LogP contribution is 2.20. The standard InChI is InChI=1S/C17H14N4O2/c22-17(23)16-20-14(18-12-7-3-1-4-8-12)11-15(21-16)19-13-9-5-2-6-10-13/h1-11H,(H,22,23)(H2,18,19,20,21). The van der Waals surface area contributed by atoms with Gasteiger partial charge in [-0.25, -0.2) is 14.8 Å². The lowest BCUT2D eigenvalue weighted by atomic mass is 10.3. The zero-order chi connectivity index (χ0) is 16.1. The van der Waals surface area contributed by atoms with Crippen LogP contribution in [0.1, 0.15) is 10.6 Å². The third kappa shape index (κ3) is 3.82. The molecule has 0 aliphatic heterocycles. The monoisotopic (exact) mass is 306 g/mol. The second-order valence-corrected chi connectivity index (χ2v) is 4.75. The summed E-state index contributed by atoms with van der Waals surface area (Å²) in [6, 6.07) is 20.4. The lowest BCUT2D eigenvalue weighted by Gasteiger charge is -2.10. The SMILES string of the molecule is O=C(O)c1nc(Nc2ccccc2)cc(Nc2ccccc2)n1. The van der Waals surface area contributed by atoms with Crippen LogP contribution in [0.15, 0.2) is 66.7 Å². The lowest BCUT2D eigenvalue weighted by molar-refractivity contribution is 0.0684. The van der Waals surface area contributed by atoms with Crippen molar-refractivity contribution in [2.45, 2.75) is 0 Å². The number of hydrogen-bond acceptors (Lipinski definition) is 5. The highest BCUT2D eigenvalue weighted by Gasteiger charge is 2.11. The first-order chi connectivity index (χ1) is 11.2. The largest absolute Gasteiger partial charge is 0.475 e. The Morgan fingerprint density at radius 3 is 1.61 bits per heavy atom. The fourth-order valence-electron chi connectivity index (χ4n) is 2.01. The number of anilines is 4. The van der Waals surface area contributed by atoms with Crippen LogP contribution in [-0.2, 0) is 0 Å². The Hall–Kier alpha value is -3.41. The Morgan fingerprint density at radius 2 is 1.22 bits per heavy atom. The molecule has 1 heterocycles. The van der Waals surface area contributed by atoms with Gasteiger partial charge in [0.2, 0.25) is 5.82 Å². The van der Waals surface area contributed by atoms with Gasteiger partial charge in [0.15, 0.2) is 0 Å². The molecule has 1 aromatic heterocycles. The Labute approximate surface area is 132 Å². The Morgan fingerprint density at radius 1 is 0.783 bits per heavy atom. The van der Waals surface area contributed by atoms with Crippen molar-refractivity contribution in [1.82, 2.24) is 9.97 Å². The molecule has 0 radical (unpaired) electrons. The van der Waals surface area contributed by atoms with Gasteiger partial charge in [-0.2, -0.15) is 0 Å². The molecule has 2 aromatic carbocycles. The molecular formula is C17H14N4O2. The third-order valence-electron chi connectivity index (χ3n) is 3.01. The maximum Gasteiger partial charge on any atom is 0.374 e. The second-order valence-electron chi connectivity index (χ2n) is 4.75. The van der Waals surface area contributed by atoms with Crippen molar-refractivity contribution in [2.75, 3.05) is 10.6 Å². The van der Waals surface area contributed by atoms with Crippen LogP contribution in [0.5, 0.6) is 0 Å². The lowest BCUT2D eigenvalue weighted by Crippen LogP contribution is -2.08. The van der Waals surface area contributed by atoms with Gasteiger partial charge < -0.3 is 15.7 Å². The van der Waals surface area contributed by atoms with Crippen LogP contribution in [-0.4, -0.2) is 21.0 Å². The number of carbonyl (C=O) groups is 1. The molecule has 0 aliphatic rings. The Kier molecular flexibility index (Phi) is 4.15. The molecular weight excluding hydrogens is 292 g/mol. The summed E-state index contributed by atoms with van der Waals surface area (Å²) in [6.07, 6.45) is 0. The van der Waals surface area contributed by atoms with E-state index in [-0.39, 0.29) is 5.82 Å². The third-order valence-corrected chi connectivity index (χ3v) is 3.01. The average Bonchev–Trinajstić information content (AvgIpc) is 2.56. The fraction of sp³-hybridized carbons (Fsp3) is 0.